The first-order valence-corrected chi connectivity index (χ1v) is 5.78. The lowest BCUT2D eigenvalue weighted by Gasteiger charge is -2.26. The van der Waals surface area contributed by atoms with E-state index >= 15 is 0 Å². The Labute approximate surface area is 83.4 Å². The van der Waals surface area contributed by atoms with Crippen molar-refractivity contribution in [1.82, 2.24) is 10.3 Å². The summed E-state index contributed by atoms with van der Waals surface area (Å²) >= 11 is 1.80. The van der Waals surface area contributed by atoms with Crippen molar-refractivity contribution < 1.29 is 0 Å². The molecule has 0 bridgehead atoms. The zero-order chi connectivity index (χ0) is 9.26. The Bertz CT molecular complexity index is 276. The van der Waals surface area contributed by atoms with Crippen LogP contribution in [0.25, 0.3) is 0 Å². The standard InChI is InChI=1S/C10H16N2S/c1-7(2)10-12-9(6-13-10)3-8-4-11-5-8/h6-8,11H,3-5H2,1-2H3. The van der Waals surface area contributed by atoms with Crippen LogP contribution in [0.2, 0.25) is 0 Å². The topological polar surface area (TPSA) is 24.9 Å². The molecule has 2 nitrogen and oxygen atoms in total. The lowest BCUT2D eigenvalue weighted by Crippen LogP contribution is -2.43. The predicted octanol–water partition coefficient (Wildman–Crippen LogP) is 2.03. The quantitative estimate of drug-likeness (QED) is 0.800. The van der Waals surface area contributed by atoms with E-state index in [1.807, 2.05) is 0 Å². The average molecular weight is 196 g/mol. The van der Waals surface area contributed by atoms with E-state index in [1.54, 1.807) is 11.3 Å². The van der Waals surface area contributed by atoms with Crippen LogP contribution in [-0.4, -0.2) is 18.1 Å². The first-order valence-electron chi connectivity index (χ1n) is 4.90. The normalized spacial score (nSPS) is 17.8. The number of thiazole rings is 1. The Balaban J connectivity index is 1.96. The van der Waals surface area contributed by atoms with Crippen molar-refractivity contribution in [3.63, 3.8) is 0 Å². The maximum absolute atomic E-state index is 4.62. The Kier molecular flexibility index (Phi) is 2.65. The summed E-state index contributed by atoms with van der Waals surface area (Å²) in [6.45, 7) is 6.75. The summed E-state index contributed by atoms with van der Waals surface area (Å²) in [5, 5.41) is 6.78. The molecule has 1 saturated heterocycles. The molecule has 1 aliphatic heterocycles. The average Bonchev–Trinajstić information content (AvgIpc) is 2.44. The molecule has 0 radical (unpaired) electrons. The molecule has 0 amide bonds. The summed E-state index contributed by atoms with van der Waals surface area (Å²) in [4.78, 5) is 4.62. The molecule has 1 aromatic heterocycles. The largest absolute Gasteiger partial charge is 0.316 e. The van der Waals surface area contributed by atoms with E-state index in [1.165, 1.54) is 23.8 Å². The van der Waals surface area contributed by atoms with Crippen molar-refractivity contribution in [3.05, 3.63) is 16.1 Å². The number of hydrogen-bond donors (Lipinski definition) is 1. The Morgan fingerprint density at radius 2 is 2.38 bits per heavy atom. The molecular weight excluding hydrogens is 180 g/mol. The van der Waals surface area contributed by atoms with Crippen LogP contribution in [0.15, 0.2) is 5.38 Å². The minimum absolute atomic E-state index is 0.582. The molecule has 0 unspecified atom stereocenters. The molecular formula is C10H16N2S. The van der Waals surface area contributed by atoms with Crippen LogP contribution in [0.4, 0.5) is 0 Å². The number of hydrogen-bond acceptors (Lipinski definition) is 3. The van der Waals surface area contributed by atoms with Gasteiger partial charge in [-0.05, 0) is 25.4 Å². The first kappa shape index (κ1) is 9.16. The van der Waals surface area contributed by atoms with E-state index < -0.39 is 0 Å². The molecule has 2 rings (SSSR count). The highest BCUT2D eigenvalue weighted by Crippen LogP contribution is 2.21. The minimum Gasteiger partial charge on any atom is -0.316 e. The van der Waals surface area contributed by atoms with Gasteiger partial charge in [0.2, 0.25) is 0 Å². The monoisotopic (exact) mass is 196 g/mol. The fraction of sp³-hybridized carbons (Fsp3) is 0.700. The van der Waals surface area contributed by atoms with Gasteiger partial charge in [-0.15, -0.1) is 11.3 Å². The first-order chi connectivity index (χ1) is 6.25. The second kappa shape index (κ2) is 3.76. The van der Waals surface area contributed by atoms with E-state index in [9.17, 15) is 0 Å². The summed E-state index contributed by atoms with van der Waals surface area (Å²) in [6, 6.07) is 0. The molecule has 1 aromatic rings. The molecule has 1 fully saturated rings. The van der Waals surface area contributed by atoms with Gasteiger partial charge in [0, 0.05) is 11.3 Å². The molecule has 72 valence electrons. The van der Waals surface area contributed by atoms with Crippen molar-refractivity contribution in [2.75, 3.05) is 13.1 Å². The molecule has 1 aliphatic rings. The van der Waals surface area contributed by atoms with Crippen molar-refractivity contribution in [2.45, 2.75) is 26.2 Å². The van der Waals surface area contributed by atoms with Crippen LogP contribution in [0, 0.1) is 5.92 Å². The fourth-order valence-corrected chi connectivity index (χ4v) is 2.32. The smallest absolute Gasteiger partial charge is 0.0953 e. The van der Waals surface area contributed by atoms with Crippen LogP contribution >= 0.6 is 11.3 Å². The molecule has 0 aliphatic carbocycles. The van der Waals surface area contributed by atoms with E-state index in [-0.39, 0.29) is 0 Å². The predicted molar refractivity (Wildman–Crippen MR) is 56.3 cm³/mol. The van der Waals surface area contributed by atoms with Crippen LogP contribution in [0.1, 0.15) is 30.5 Å². The van der Waals surface area contributed by atoms with E-state index in [2.05, 4.69) is 29.5 Å². The van der Waals surface area contributed by atoms with E-state index in [4.69, 9.17) is 0 Å². The molecule has 0 saturated carbocycles. The molecule has 0 aromatic carbocycles. The van der Waals surface area contributed by atoms with Gasteiger partial charge in [0.05, 0.1) is 10.7 Å². The zero-order valence-corrected chi connectivity index (χ0v) is 9.03. The second-order valence-electron chi connectivity index (χ2n) is 4.06. The van der Waals surface area contributed by atoms with Crippen LogP contribution in [-0.2, 0) is 6.42 Å². The second-order valence-corrected chi connectivity index (χ2v) is 4.95. The van der Waals surface area contributed by atoms with Gasteiger partial charge in [-0.1, -0.05) is 13.8 Å². The number of nitrogens with one attached hydrogen (secondary N) is 1. The molecule has 2 heterocycles. The molecule has 13 heavy (non-hydrogen) atoms. The van der Waals surface area contributed by atoms with Crippen molar-refractivity contribution >= 4 is 11.3 Å². The Morgan fingerprint density at radius 3 is 2.85 bits per heavy atom. The Morgan fingerprint density at radius 1 is 1.62 bits per heavy atom. The maximum Gasteiger partial charge on any atom is 0.0953 e. The summed E-state index contributed by atoms with van der Waals surface area (Å²) in [5.74, 6) is 1.42. The fourth-order valence-electron chi connectivity index (χ4n) is 1.47. The summed E-state index contributed by atoms with van der Waals surface area (Å²) in [7, 11) is 0. The third kappa shape index (κ3) is 2.09. The van der Waals surface area contributed by atoms with Gasteiger partial charge in [0.25, 0.3) is 0 Å². The number of rotatable bonds is 3. The third-order valence-electron chi connectivity index (χ3n) is 2.43. The van der Waals surface area contributed by atoms with Crippen molar-refractivity contribution in [1.29, 1.82) is 0 Å². The number of aromatic nitrogens is 1. The van der Waals surface area contributed by atoms with E-state index in [0.29, 0.717) is 5.92 Å². The number of nitrogens with zero attached hydrogens (tertiary/aromatic N) is 1. The summed E-state index contributed by atoms with van der Waals surface area (Å²) in [5.41, 5.74) is 1.29. The van der Waals surface area contributed by atoms with Crippen LogP contribution in [0.5, 0.6) is 0 Å². The molecule has 0 atom stereocenters. The SMILES string of the molecule is CC(C)c1nc(CC2CNC2)cs1. The summed E-state index contributed by atoms with van der Waals surface area (Å²) in [6.07, 6.45) is 1.16. The maximum atomic E-state index is 4.62. The third-order valence-corrected chi connectivity index (χ3v) is 3.62. The van der Waals surface area contributed by atoms with Gasteiger partial charge in [-0.2, -0.15) is 0 Å². The highest BCUT2D eigenvalue weighted by Gasteiger charge is 2.18. The van der Waals surface area contributed by atoms with Gasteiger partial charge in [0.1, 0.15) is 0 Å². The molecule has 3 heteroatoms. The van der Waals surface area contributed by atoms with Crippen LogP contribution in [0.3, 0.4) is 0 Å². The van der Waals surface area contributed by atoms with Crippen molar-refractivity contribution in [3.8, 4) is 0 Å². The zero-order valence-electron chi connectivity index (χ0n) is 8.21. The highest BCUT2D eigenvalue weighted by molar-refractivity contribution is 7.09. The van der Waals surface area contributed by atoms with Crippen molar-refractivity contribution in [2.24, 2.45) is 5.92 Å². The van der Waals surface area contributed by atoms with Gasteiger partial charge in [-0.3, -0.25) is 0 Å². The molecule has 0 spiro atoms. The lowest BCUT2D eigenvalue weighted by molar-refractivity contribution is 0.344. The van der Waals surface area contributed by atoms with Gasteiger partial charge < -0.3 is 5.32 Å². The highest BCUT2D eigenvalue weighted by atomic mass is 32.1. The van der Waals surface area contributed by atoms with Gasteiger partial charge in [-0.25, -0.2) is 4.98 Å². The Hall–Kier alpha value is -0.410. The van der Waals surface area contributed by atoms with Crippen LogP contribution < -0.4 is 5.32 Å². The molecule has 1 N–H and O–H groups in total. The van der Waals surface area contributed by atoms with E-state index in [0.717, 1.165) is 12.3 Å². The lowest BCUT2D eigenvalue weighted by atomic mass is 9.98. The van der Waals surface area contributed by atoms with Gasteiger partial charge >= 0.3 is 0 Å². The minimum atomic E-state index is 0.582. The summed E-state index contributed by atoms with van der Waals surface area (Å²) < 4.78 is 0. The van der Waals surface area contributed by atoms with Gasteiger partial charge in [0.15, 0.2) is 0 Å².